The summed E-state index contributed by atoms with van der Waals surface area (Å²) in [7, 11) is 0. The Balaban J connectivity index is 1.89. The summed E-state index contributed by atoms with van der Waals surface area (Å²) in [5.41, 5.74) is 1.16. The molecule has 218 valence electrons. The van der Waals surface area contributed by atoms with Crippen molar-refractivity contribution in [3.8, 4) is 17.2 Å². The molecule has 1 amide bonds. The summed E-state index contributed by atoms with van der Waals surface area (Å²) in [5, 5.41) is 38.9. The average Bonchev–Trinajstić information content (AvgIpc) is 2.92. The predicted molar refractivity (Wildman–Crippen MR) is 143 cm³/mol. The van der Waals surface area contributed by atoms with Crippen molar-refractivity contribution in [2.45, 2.75) is 31.8 Å². The highest BCUT2D eigenvalue weighted by atomic mass is 35.5. The number of carbonyl (C=O) groups is 4. The number of halogens is 1. The maximum absolute atomic E-state index is 14.3. The lowest BCUT2D eigenvalue weighted by Crippen LogP contribution is -2.36. The van der Waals surface area contributed by atoms with Gasteiger partial charge in [0.05, 0.1) is 16.5 Å². The van der Waals surface area contributed by atoms with Crippen molar-refractivity contribution in [2.75, 3.05) is 0 Å². The second-order valence-corrected chi connectivity index (χ2v) is 9.39. The van der Waals surface area contributed by atoms with E-state index in [0.717, 1.165) is 23.6 Å². The fraction of sp³-hybridized carbons (Fsp3) is 0.185. The molecule has 0 heterocycles. The highest BCUT2D eigenvalue weighted by Crippen LogP contribution is 2.41. The minimum Gasteiger partial charge on any atom is -0.449 e. The Kier molecular flexibility index (Phi) is 8.76. The predicted octanol–water partition coefficient (Wildman–Crippen LogP) is 6.14. The monoisotopic (exact) mass is 600 g/mol. The Bertz CT molecular complexity index is 1590. The molecular weight excluding hydrogens is 580 g/mol. The van der Waals surface area contributed by atoms with Crippen LogP contribution in [0.2, 0.25) is 5.02 Å². The minimum atomic E-state index is -1.88. The SMILES string of the molecule is O=C(O)Oc1cc(OC(=O)O)c(C(=O)N(Cc2ccc(Cl)c([N+](=O)[O-])c2)[C@H]2CCCc3ccccc32)cc1OC(=O)O. The molecule has 0 aliphatic heterocycles. The molecular formula is C27H21ClN2O12. The molecule has 0 fully saturated rings. The zero-order chi connectivity index (χ0) is 30.6. The number of fused-ring (bicyclic) bond motifs is 1. The summed E-state index contributed by atoms with van der Waals surface area (Å²) >= 11 is 5.97. The topological polar surface area (TPSA) is 203 Å². The number of hydrogen-bond acceptors (Lipinski definition) is 9. The number of nitro groups is 1. The first-order valence-electron chi connectivity index (χ1n) is 12.2. The molecule has 15 heteroatoms. The average molecular weight is 601 g/mol. The molecule has 14 nitrogen and oxygen atoms in total. The van der Waals surface area contributed by atoms with Crippen LogP contribution in [0.5, 0.6) is 17.2 Å². The van der Waals surface area contributed by atoms with Crippen molar-refractivity contribution in [2.24, 2.45) is 0 Å². The molecule has 3 aromatic carbocycles. The Morgan fingerprint density at radius 1 is 0.905 bits per heavy atom. The summed E-state index contributed by atoms with van der Waals surface area (Å²) in [6, 6.07) is 12.2. The van der Waals surface area contributed by atoms with Gasteiger partial charge >= 0.3 is 18.5 Å². The van der Waals surface area contributed by atoms with Gasteiger partial charge in [0.25, 0.3) is 11.6 Å². The molecule has 0 aromatic heterocycles. The first-order valence-corrected chi connectivity index (χ1v) is 12.5. The molecule has 0 spiro atoms. The Labute approximate surface area is 241 Å². The van der Waals surface area contributed by atoms with E-state index in [9.17, 15) is 34.4 Å². The van der Waals surface area contributed by atoms with Gasteiger partial charge in [0.15, 0.2) is 17.2 Å². The Morgan fingerprint density at radius 2 is 1.52 bits per heavy atom. The molecule has 0 unspecified atom stereocenters. The fourth-order valence-corrected chi connectivity index (χ4v) is 4.94. The number of rotatable bonds is 8. The van der Waals surface area contributed by atoms with Gasteiger partial charge in [-0.3, -0.25) is 14.9 Å². The van der Waals surface area contributed by atoms with Crippen LogP contribution >= 0.6 is 11.6 Å². The number of carbonyl (C=O) groups excluding carboxylic acids is 1. The van der Waals surface area contributed by atoms with E-state index in [1.807, 2.05) is 18.2 Å². The standard InChI is InChI=1S/C27H21ClN2O12/c28-18-9-8-14(10-20(18)30(38)39)13-29(19-7-3-5-15-4-1-2-6-16(15)19)24(31)17-11-22(41-26(34)35)23(42-27(36)37)12-21(17)40-25(32)33/h1-2,4,6,8-12,19H,3,5,7,13H2,(H,32,33)(H,34,35)(H,36,37)/t19-/m0/s1. The zero-order valence-electron chi connectivity index (χ0n) is 21.4. The van der Waals surface area contributed by atoms with Gasteiger partial charge in [0.1, 0.15) is 5.02 Å². The van der Waals surface area contributed by atoms with Gasteiger partial charge in [-0.25, -0.2) is 14.4 Å². The van der Waals surface area contributed by atoms with Gasteiger partial charge in [-0.2, -0.15) is 0 Å². The molecule has 3 N–H and O–H groups in total. The number of ether oxygens (including phenoxy) is 3. The quantitative estimate of drug-likeness (QED) is 0.115. The maximum Gasteiger partial charge on any atom is 0.511 e. The zero-order valence-corrected chi connectivity index (χ0v) is 22.1. The van der Waals surface area contributed by atoms with E-state index in [-0.39, 0.29) is 11.6 Å². The molecule has 42 heavy (non-hydrogen) atoms. The van der Waals surface area contributed by atoms with Crippen molar-refractivity contribution >= 4 is 41.7 Å². The summed E-state index contributed by atoms with van der Waals surface area (Å²) in [4.78, 5) is 60.4. The van der Waals surface area contributed by atoms with E-state index in [4.69, 9.17) is 26.6 Å². The van der Waals surface area contributed by atoms with Crippen LogP contribution in [0.4, 0.5) is 20.1 Å². The van der Waals surface area contributed by atoms with Gasteiger partial charge in [0, 0.05) is 24.7 Å². The summed E-state index contributed by atoms with van der Waals surface area (Å²) in [5.74, 6) is -3.02. The molecule has 4 rings (SSSR count). The van der Waals surface area contributed by atoms with Crippen molar-refractivity contribution in [3.63, 3.8) is 0 Å². The van der Waals surface area contributed by atoms with E-state index in [0.29, 0.717) is 24.5 Å². The maximum atomic E-state index is 14.3. The molecule has 0 saturated heterocycles. The number of amides is 1. The Hall–Kier alpha value is -5.37. The van der Waals surface area contributed by atoms with Crippen LogP contribution in [0.3, 0.4) is 0 Å². The van der Waals surface area contributed by atoms with E-state index < -0.39 is 63.8 Å². The number of benzene rings is 3. The van der Waals surface area contributed by atoms with Gasteiger partial charge < -0.3 is 34.4 Å². The van der Waals surface area contributed by atoms with E-state index in [1.54, 1.807) is 6.07 Å². The van der Waals surface area contributed by atoms with Crippen molar-refractivity contribution in [3.05, 3.63) is 92.0 Å². The third-order valence-corrected chi connectivity index (χ3v) is 6.72. The lowest BCUT2D eigenvalue weighted by molar-refractivity contribution is -0.384. The lowest BCUT2D eigenvalue weighted by atomic mass is 9.86. The summed E-state index contributed by atoms with van der Waals surface area (Å²) < 4.78 is 13.9. The molecule has 0 saturated carbocycles. The second-order valence-electron chi connectivity index (χ2n) is 8.98. The third kappa shape index (κ3) is 6.67. The van der Waals surface area contributed by atoms with Gasteiger partial charge in [-0.1, -0.05) is 41.9 Å². The van der Waals surface area contributed by atoms with Crippen LogP contribution in [0.25, 0.3) is 0 Å². The van der Waals surface area contributed by atoms with Crippen molar-refractivity contribution in [1.82, 2.24) is 4.90 Å². The molecule has 0 radical (unpaired) electrons. The van der Waals surface area contributed by atoms with E-state index in [2.05, 4.69) is 9.47 Å². The second kappa shape index (κ2) is 12.4. The lowest BCUT2D eigenvalue weighted by Gasteiger charge is -2.36. The van der Waals surface area contributed by atoms with Crippen LogP contribution in [-0.2, 0) is 13.0 Å². The number of nitrogens with zero attached hydrogens (tertiary/aromatic N) is 2. The van der Waals surface area contributed by atoms with E-state index >= 15 is 0 Å². The van der Waals surface area contributed by atoms with Crippen molar-refractivity contribution < 1.29 is 53.6 Å². The molecule has 1 aliphatic rings. The largest absolute Gasteiger partial charge is 0.511 e. The van der Waals surface area contributed by atoms with Gasteiger partial charge in [-0.05, 0) is 42.0 Å². The first-order chi connectivity index (χ1) is 19.9. The number of hydrogen-bond donors (Lipinski definition) is 3. The number of carboxylic acid groups (broad SMARTS) is 3. The molecule has 1 aliphatic carbocycles. The van der Waals surface area contributed by atoms with Crippen LogP contribution < -0.4 is 14.2 Å². The normalized spacial score (nSPS) is 13.8. The van der Waals surface area contributed by atoms with Gasteiger partial charge in [-0.15, -0.1) is 0 Å². The third-order valence-electron chi connectivity index (χ3n) is 6.40. The number of aryl methyl sites for hydroxylation is 1. The molecule has 3 aromatic rings. The fourth-order valence-electron chi connectivity index (χ4n) is 4.76. The molecule has 1 atom stereocenters. The van der Waals surface area contributed by atoms with Crippen LogP contribution in [0, 0.1) is 10.1 Å². The van der Waals surface area contributed by atoms with Gasteiger partial charge in [0.2, 0.25) is 0 Å². The van der Waals surface area contributed by atoms with Crippen LogP contribution in [-0.4, -0.2) is 49.5 Å². The summed E-state index contributed by atoms with van der Waals surface area (Å²) in [6.45, 7) is -0.217. The van der Waals surface area contributed by atoms with Crippen LogP contribution in [0.1, 0.15) is 45.9 Å². The highest BCUT2D eigenvalue weighted by Gasteiger charge is 2.33. The van der Waals surface area contributed by atoms with Crippen molar-refractivity contribution in [1.29, 1.82) is 0 Å². The molecule has 0 bridgehead atoms. The Morgan fingerprint density at radius 3 is 2.17 bits per heavy atom. The smallest absolute Gasteiger partial charge is 0.449 e. The number of nitro benzene ring substituents is 1. The summed E-state index contributed by atoms with van der Waals surface area (Å²) in [6.07, 6.45) is -3.75. The highest BCUT2D eigenvalue weighted by molar-refractivity contribution is 6.32. The first kappa shape index (κ1) is 29.6. The van der Waals surface area contributed by atoms with Crippen LogP contribution in [0.15, 0.2) is 54.6 Å². The minimum absolute atomic E-state index is 0.119. The van der Waals surface area contributed by atoms with E-state index in [1.165, 1.54) is 23.1 Å².